The average molecular weight is 283 g/mol. The summed E-state index contributed by atoms with van der Waals surface area (Å²) in [6.45, 7) is 4.82. The van der Waals surface area contributed by atoms with E-state index in [2.05, 4.69) is 17.3 Å². The van der Waals surface area contributed by atoms with Gasteiger partial charge in [0.1, 0.15) is 0 Å². The standard InChI is InChI=1S/C15H29N3O2/c1-15(14(16)19,17-12-6-7-12)8-4-9-18(2)11-13-5-3-10-20-13/h12-13,17H,3-11H2,1-2H3,(H2,16,19). The van der Waals surface area contributed by atoms with Crippen molar-refractivity contribution in [2.45, 2.75) is 63.1 Å². The highest BCUT2D eigenvalue weighted by Gasteiger charge is 2.36. The molecule has 20 heavy (non-hydrogen) atoms. The molecule has 1 amide bonds. The Hall–Kier alpha value is -0.650. The molecule has 0 aromatic heterocycles. The van der Waals surface area contributed by atoms with Gasteiger partial charge in [-0.3, -0.25) is 4.79 Å². The van der Waals surface area contributed by atoms with E-state index in [4.69, 9.17) is 10.5 Å². The van der Waals surface area contributed by atoms with Gasteiger partial charge in [0.25, 0.3) is 0 Å². The Labute approximate surface area is 122 Å². The quantitative estimate of drug-likeness (QED) is 0.659. The van der Waals surface area contributed by atoms with Crippen LogP contribution in [-0.2, 0) is 9.53 Å². The van der Waals surface area contributed by atoms with Crippen molar-refractivity contribution in [3.8, 4) is 0 Å². The predicted octanol–water partition coefficient (Wildman–Crippen LogP) is 0.873. The van der Waals surface area contributed by atoms with E-state index in [1.165, 1.54) is 25.7 Å². The number of amides is 1. The van der Waals surface area contributed by atoms with Gasteiger partial charge in [-0.1, -0.05) is 0 Å². The molecule has 1 saturated carbocycles. The lowest BCUT2D eigenvalue weighted by Crippen LogP contribution is -2.54. The first kappa shape index (κ1) is 15.7. The van der Waals surface area contributed by atoms with E-state index in [0.717, 1.165) is 32.5 Å². The predicted molar refractivity (Wildman–Crippen MR) is 79.5 cm³/mol. The van der Waals surface area contributed by atoms with Gasteiger partial charge < -0.3 is 20.7 Å². The van der Waals surface area contributed by atoms with E-state index in [1.807, 2.05) is 6.92 Å². The van der Waals surface area contributed by atoms with Gasteiger partial charge in [0.05, 0.1) is 11.6 Å². The van der Waals surface area contributed by atoms with Crippen LogP contribution in [0.5, 0.6) is 0 Å². The lowest BCUT2D eigenvalue weighted by Gasteiger charge is -2.29. The molecule has 1 aliphatic carbocycles. The van der Waals surface area contributed by atoms with E-state index in [1.54, 1.807) is 0 Å². The molecule has 1 aliphatic heterocycles. The van der Waals surface area contributed by atoms with Gasteiger partial charge in [-0.2, -0.15) is 0 Å². The normalized spacial score (nSPS) is 25.9. The molecule has 116 valence electrons. The van der Waals surface area contributed by atoms with Gasteiger partial charge in [0.15, 0.2) is 0 Å². The van der Waals surface area contributed by atoms with Gasteiger partial charge in [-0.15, -0.1) is 0 Å². The number of primary amides is 1. The van der Waals surface area contributed by atoms with Crippen LogP contribution in [-0.4, -0.2) is 55.2 Å². The number of hydrogen-bond donors (Lipinski definition) is 2. The van der Waals surface area contributed by atoms with E-state index in [9.17, 15) is 4.79 Å². The molecular weight excluding hydrogens is 254 g/mol. The highest BCUT2D eigenvalue weighted by Crippen LogP contribution is 2.24. The van der Waals surface area contributed by atoms with Crippen LogP contribution in [0, 0.1) is 0 Å². The fourth-order valence-electron chi connectivity index (χ4n) is 2.87. The fraction of sp³-hybridized carbons (Fsp3) is 0.933. The molecule has 2 fully saturated rings. The number of likely N-dealkylation sites (N-methyl/N-ethyl adjacent to an activating group) is 1. The molecule has 2 unspecified atom stereocenters. The zero-order valence-electron chi connectivity index (χ0n) is 12.9. The van der Waals surface area contributed by atoms with E-state index in [0.29, 0.717) is 12.1 Å². The van der Waals surface area contributed by atoms with Gasteiger partial charge in [0, 0.05) is 19.2 Å². The van der Waals surface area contributed by atoms with Crippen LogP contribution >= 0.6 is 0 Å². The summed E-state index contributed by atoms with van der Waals surface area (Å²) in [5.41, 5.74) is 5.01. The monoisotopic (exact) mass is 283 g/mol. The first-order valence-corrected chi connectivity index (χ1v) is 7.87. The maximum atomic E-state index is 11.7. The van der Waals surface area contributed by atoms with Crippen molar-refractivity contribution in [1.29, 1.82) is 0 Å². The molecule has 2 rings (SSSR count). The molecule has 2 aliphatic rings. The second-order valence-corrected chi connectivity index (χ2v) is 6.62. The summed E-state index contributed by atoms with van der Waals surface area (Å²) in [5.74, 6) is -0.230. The minimum atomic E-state index is -0.550. The van der Waals surface area contributed by atoms with Crippen LogP contribution in [0.3, 0.4) is 0 Å². The maximum absolute atomic E-state index is 11.7. The van der Waals surface area contributed by atoms with Crippen LogP contribution in [0.15, 0.2) is 0 Å². The van der Waals surface area contributed by atoms with Crippen molar-refractivity contribution in [2.24, 2.45) is 5.73 Å². The number of carbonyl (C=O) groups is 1. The van der Waals surface area contributed by atoms with Crippen molar-refractivity contribution in [3.05, 3.63) is 0 Å². The van der Waals surface area contributed by atoms with E-state index in [-0.39, 0.29) is 5.91 Å². The Balaban J connectivity index is 1.67. The molecule has 0 aromatic rings. The molecule has 2 atom stereocenters. The fourth-order valence-corrected chi connectivity index (χ4v) is 2.87. The van der Waals surface area contributed by atoms with E-state index >= 15 is 0 Å². The number of hydrogen-bond acceptors (Lipinski definition) is 4. The SMILES string of the molecule is CN(CCCC(C)(NC1CC1)C(N)=O)CC1CCCO1. The first-order chi connectivity index (χ1) is 9.49. The molecule has 0 aromatic carbocycles. The third-order valence-corrected chi connectivity index (χ3v) is 4.40. The molecule has 0 radical (unpaired) electrons. The van der Waals surface area contributed by atoms with Crippen LogP contribution in [0.4, 0.5) is 0 Å². The van der Waals surface area contributed by atoms with Crippen molar-refractivity contribution in [1.82, 2.24) is 10.2 Å². The molecule has 0 bridgehead atoms. The lowest BCUT2D eigenvalue weighted by molar-refractivity contribution is -0.124. The number of rotatable bonds is 9. The molecule has 0 spiro atoms. The molecule has 1 heterocycles. The minimum absolute atomic E-state index is 0.230. The van der Waals surface area contributed by atoms with Crippen molar-refractivity contribution in [3.63, 3.8) is 0 Å². The smallest absolute Gasteiger partial charge is 0.237 e. The Bertz CT molecular complexity index is 327. The van der Waals surface area contributed by atoms with Crippen LogP contribution in [0.2, 0.25) is 0 Å². The van der Waals surface area contributed by atoms with Crippen molar-refractivity contribution >= 4 is 5.91 Å². The van der Waals surface area contributed by atoms with Gasteiger partial charge in [-0.05, 0) is 59.0 Å². The van der Waals surface area contributed by atoms with Crippen molar-refractivity contribution < 1.29 is 9.53 Å². The topological polar surface area (TPSA) is 67.6 Å². The molecule has 1 saturated heterocycles. The second kappa shape index (κ2) is 6.87. The maximum Gasteiger partial charge on any atom is 0.237 e. The molecule has 5 nitrogen and oxygen atoms in total. The van der Waals surface area contributed by atoms with Gasteiger partial charge >= 0.3 is 0 Å². The highest BCUT2D eigenvalue weighted by molar-refractivity contribution is 5.84. The zero-order valence-corrected chi connectivity index (χ0v) is 12.9. The minimum Gasteiger partial charge on any atom is -0.377 e. The zero-order chi connectivity index (χ0) is 14.6. The third-order valence-electron chi connectivity index (χ3n) is 4.40. The summed E-state index contributed by atoms with van der Waals surface area (Å²) in [5, 5.41) is 3.40. The Morgan fingerprint density at radius 2 is 2.20 bits per heavy atom. The van der Waals surface area contributed by atoms with Gasteiger partial charge in [-0.25, -0.2) is 0 Å². The van der Waals surface area contributed by atoms with Crippen LogP contribution < -0.4 is 11.1 Å². The van der Waals surface area contributed by atoms with Gasteiger partial charge in [0.2, 0.25) is 5.91 Å². The summed E-state index contributed by atoms with van der Waals surface area (Å²) in [6, 6.07) is 0.497. The Morgan fingerprint density at radius 3 is 2.75 bits per heavy atom. The lowest BCUT2D eigenvalue weighted by atomic mass is 9.94. The number of nitrogens with zero attached hydrogens (tertiary/aromatic N) is 1. The largest absolute Gasteiger partial charge is 0.377 e. The highest BCUT2D eigenvalue weighted by atomic mass is 16.5. The summed E-state index contributed by atoms with van der Waals surface area (Å²) >= 11 is 0. The third kappa shape index (κ3) is 4.72. The number of nitrogens with one attached hydrogen (secondary N) is 1. The molecule has 5 heteroatoms. The summed E-state index contributed by atoms with van der Waals surface area (Å²) < 4.78 is 5.64. The summed E-state index contributed by atoms with van der Waals surface area (Å²) in [7, 11) is 2.12. The second-order valence-electron chi connectivity index (χ2n) is 6.62. The molecular formula is C15H29N3O2. The Morgan fingerprint density at radius 1 is 1.45 bits per heavy atom. The van der Waals surface area contributed by atoms with Crippen molar-refractivity contribution in [2.75, 3.05) is 26.7 Å². The summed E-state index contributed by atoms with van der Waals surface area (Å²) in [4.78, 5) is 14.0. The molecule has 3 N–H and O–H groups in total. The first-order valence-electron chi connectivity index (χ1n) is 7.87. The number of carbonyl (C=O) groups excluding carboxylic acids is 1. The summed E-state index contributed by atoms with van der Waals surface area (Å²) in [6.07, 6.45) is 6.86. The van der Waals surface area contributed by atoms with Crippen LogP contribution in [0.25, 0.3) is 0 Å². The number of nitrogens with two attached hydrogens (primary N) is 1. The Kier molecular flexibility index (Phi) is 5.41. The van der Waals surface area contributed by atoms with Crippen LogP contribution in [0.1, 0.15) is 45.4 Å². The number of ether oxygens (including phenoxy) is 1. The van der Waals surface area contributed by atoms with E-state index < -0.39 is 5.54 Å². The average Bonchev–Trinajstić information content (AvgIpc) is 3.03.